The van der Waals surface area contributed by atoms with Gasteiger partial charge in [0.2, 0.25) is 5.91 Å². The van der Waals surface area contributed by atoms with Gasteiger partial charge in [0.1, 0.15) is 24.4 Å². The van der Waals surface area contributed by atoms with Crippen molar-refractivity contribution >= 4 is 11.9 Å². The second kappa shape index (κ2) is 54.1. The average Bonchev–Trinajstić information content (AvgIpc) is 3.47. The van der Waals surface area contributed by atoms with E-state index in [4.69, 9.17) is 14.2 Å². The van der Waals surface area contributed by atoms with E-state index in [0.29, 0.717) is 12.8 Å². The Morgan fingerprint density at radius 2 is 0.911 bits per heavy atom. The average molecular weight is 1100 g/mol. The number of carbonyl (C=O) groups is 2. The van der Waals surface area contributed by atoms with Crippen LogP contribution in [0.15, 0.2) is 146 Å². The molecule has 1 heterocycles. The molecule has 0 aromatic rings. The highest BCUT2D eigenvalue weighted by molar-refractivity contribution is 5.80. The van der Waals surface area contributed by atoms with Crippen LogP contribution in [0.1, 0.15) is 207 Å². The maximum atomic E-state index is 13.4. The third-order valence-corrected chi connectivity index (χ3v) is 13.2. The van der Waals surface area contributed by atoms with Crippen molar-refractivity contribution in [2.45, 2.75) is 256 Å². The predicted octanol–water partition coefficient (Wildman–Crippen LogP) is 14.6. The van der Waals surface area contributed by atoms with E-state index in [2.05, 4.69) is 148 Å². The van der Waals surface area contributed by atoms with Crippen LogP contribution in [0, 0.1) is 0 Å². The summed E-state index contributed by atoms with van der Waals surface area (Å²) in [5.41, 5.74) is 0. The molecule has 0 bridgehead atoms. The fourth-order valence-electron chi connectivity index (χ4n) is 8.45. The van der Waals surface area contributed by atoms with Gasteiger partial charge in [-0.2, -0.15) is 0 Å². The summed E-state index contributed by atoms with van der Waals surface area (Å²) in [6, 6.07) is -1.07. The number of unbranched alkanes of at least 4 members (excludes halogenated alkanes) is 13. The van der Waals surface area contributed by atoms with E-state index in [1.807, 2.05) is 18.2 Å². The molecule has 79 heavy (non-hydrogen) atoms. The lowest BCUT2D eigenvalue weighted by molar-refractivity contribution is -0.305. The van der Waals surface area contributed by atoms with Gasteiger partial charge < -0.3 is 45.1 Å². The van der Waals surface area contributed by atoms with Gasteiger partial charge in [0, 0.05) is 6.42 Å². The molecule has 1 aliphatic rings. The third-order valence-electron chi connectivity index (χ3n) is 13.2. The van der Waals surface area contributed by atoms with Crippen LogP contribution in [0.2, 0.25) is 0 Å². The normalized spacial score (nSPS) is 19.9. The number of allylic oxidation sites excluding steroid dienone is 23. The lowest BCUT2D eigenvalue weighted by Crippen LogP contribution is -2.61. The molecule has 0 spiro atoms. The summed E-state index contributed by atoms with van der Waals surface area (Å²) >= 11 is 0. The molecule has 8 unspecified atom stereocenters. The summed E-state index contributed by atoms with van der Waals surface area (Å²) in [7, 11) is 0. The Kier molecular flexibility index (Phi) is 49.7. The Balaban J connectivity index is 2.72. The number of rotatable bonds is 49. The Hall–Kier alpha value is -4.46. The van der Waals surface area contributed by atoms with E-state index < -0.39 is 67.4 Å². The smallest absolute Gasteiger partial charge is 0.306 e. The summed E-state index contributed by atoms with van der Waals surface area (Å²) in [5, 5.41) is 56.8. The van der Waals surface area contributed by atoms with Gasteiger partial charge in [-0.1, -0.05) is 231 Å². The van der Waals surface area contributed by atoms with E-state index in [0.717, 1.165) is 122 Å². The largest absolute Gasteiger partial charge is 0.454 e. The lowest BCUT2D eigenvalue weighted by atomic mass is 9.99. The van der Waals surface area contributed by atoms with Crippen molar-refractivity contribution < 1.29 is 49.3 Å². The number of ether oxygens (including phenoxy) is 3. The Morgan fingerprint density at radius 3 is 1.37 bits per heavy atom. The van der Waals surface area contributed by atoms with Crippen molar-refractivity contribution in [1.82, 2.24) is 5.32 Å². The number of esters is 1. The number of aliphatic hydroxyl groups excluding tert-OH is 5. The highest BCUT2D eigenvalue weighted by Crippen LogP contribution is 2.26. The van der Waals surface area contributed by atoms with Crippen LogP contribution < -0.4 is 5.32 Å². The van der Waals surface area contributed by atoms with Crippen molar-refractivity contribution in [3.8, 4) is 0 Å². The fourth-order valence-corrected chi connectivity index (χ4v) is 8.45. The van der Waals surface area contributed by atoms with E-state index >= 15 is 0 Å². The molecule has 0 aliphatic carbocycles. The van der Waals surface area contributed by atoms with Gasteiger partial charge in [0.25, 0.3) is 0 Å². The van der Waals surface area contributed by atoms with Gasteiger partial charge in [-0.25, -0.2) is 0 Å². The molecule has 1 rings (SSSR count). The SMILES string of the molecule is CC/C=C\C/C=C\C/C=C\C/C=C\C/C=C\C/C=C\CCCCCCC(=O)OC1C(OCC(NC(=O)C(O)CC/C=C\C/C=C\C/C=C\C/C=C\C/C=C\CC)C(O)/C=C/CCCCCCCCCCC)OC(CO)C(O)C1O. The van der Waals surface area contributed by atoms with E-state index in [-0.39, 0.29) is 19.4 Å². The summed E-state index contributed by atoms with van der Waals surface area (Å²) in [4.78, 5) is 26.5. The molecule has 1 fully saturated rings. The molecule has 0 aromatic carbocycles. The number of hydrogen-bond acceptors (Lipinski definition) is 10. The molecule has 446 valence electrons. The fraction of sp³-hybridized carbons (Fsp3) is 0.618. The van der Waals surface area contributed by atoms with Crippen LogP contribution in [0.5, 0.6) is 0 Å². The minimum Gasteiger partial charge on any atom is -0.454 e. The molecule has 6 N–H and O–H groups in total. The van der Waals surface area contributed by atoms with Crippen LogP contribution >= 0.6 is 0 Å². The predicted molar refractivity (Wildman–Crippen MR) is 328 cm³/mol. The summed E-state index contributed by atoms with van der Waals surface area (Å²) in [5.74, 6) is -1.30. The quantitative estimate of drug-likeness (QED) is 0.0195. The van der Waals surface area contributed by atoms with Crippen molar-refractivity contribution in [2.24, 2.45) is 0 Å². The van der Waals surface area contributed by atoms with Crippen LogP contribution in [-0.4, -0.2) is 99.6 Å². The first-order chi connectivity index (χ1) is 38.7. The zero-order valence-electron chi connectivity index (χ0n) is 49.2. The zero-order valence-corrected chi connectivity index (χ0v) is 49.2. The molecule has 1 amide bonds. The standard InChI is InChI=1S/C68H109NO10/c1-4-7-10-13-16-19-22-24-26-28-29-30-31-32-33-34-36-38-41-44-47-50-53-56-63(73)79-66-65(75)64(74)62(57-70)78-68(66)77-58-59(60(71)54-51-48-45-42-39-21-18-15-12-9-6-3)69-67(76)61(72)55-52-49-46-43-40-37-35-27-25-23-20-17-14-11-8-5-2/h7-8,10-11,16-17,19-20,24-27,29-30,32-33,36-38,40,46,49,51,54,59-62,64-66,68,70-72,74-75H,4-6,9,12-15,18,21-23,28,31,34-35,39,41-45,47-48,50,52-53,55-58H2,1-3H3,(H,69,76)/b10-7-,11-8-,19-16-,20-17-,26-24-,27-25-,30-29-,33-32-,38-36-,40-37-,49-46-,54-51+. The maximum Gasteiger partial charge on any atom is 0.306 e. The summed E-state index contributed by atoms with van der Waals surface area (Å²) in [6.45, 7) is 5.48. The Labute approximate surface area is 479 Å². The van der Waals surface area contributed by atoms with E-state index in [9.17, 15) is 35.1 Å². The van der Waals surface area contributed by atoms with Crippen molar-refractivity contribution in [3.63, 3.8) is 0 Å². The highest BCUT2D eigenvalue weighted by Gasteiger charge is 2.47. The molecule has 0 saturated carbocycles. The summed E-state index contributed by atoms with van der Waals surface area (Å²) in [6.07, 6.45) is 67.5. The monoisotopic (exact) mass is 1100 g/mol. The minimum absolute atomic E-state index is 0.0774. The van der Waals surface area contributed by atoms with Crippen LogP contribution in [-0.2, 0) is 23.8 Å². The first-order valence-corrected chi connectivity index (χ1v) is 30.6. The molecule has 1 aliphatic heterocycles. The highest BCUT2D eigenvalue weighted by atomic mass is 16.7. The van der Waals surface area contributed by atoms with Gasteiger partial charge in [0.15, 0.2) is 12.4 Å². The molecular weight excluding hydrogens is 991 g/mol. The van der Waals surface area contributed by atoms with E-state index in [1.165, 1.54) is 38.5 Å². The first-order valence-electron chi connectivity index (χ1n) is 30.6. The zero-order chi connectivity index (χ0) is 57.5. The maximum absolute atomic E-state index is 13.4. The van der Waals surface area contributed by atoms with Crippen LogP contribution in [0.3, 0.4) is 0 Å². The number of amides is 1. The lowest BCUT2D eigenvalue weighted by Gasteiger charge is -2.41. The molecule has 11 heteroatoms. The van der Waals surface area contributed by atoms with Crippen molar-refractivity contribution in [3.05, 3.63) is 146 Å². The van der Waals surface area contributed by atoms with Crippen molar-refractivity contribution in [1.29, 1.82) is 0 Å². The molecule has 11 nitrogen and oxygen atoms in total. The van der Waals surface area contributed by atoms with Gasteiger partial charge >= 0.3 is 5.97 Å². The van der Waals surface area contributed by atoms with Gasteiger partial charge in [-0.15, -0.1) is 0 Å². The summed E-state index contributed by atoms with van der Waals surface area (Å²) < 4.78 is 17.5. The number of hydrogen-bond donors (Lipinski definition) is 6. The topological polar surface area (TPSA) is 175 Å². The second-order valence-electron chi connectivity index (χ2n) is 20.3. The third kappa shape index (κ3) is 42.1. The number of aliphatic hydroxyl groups is 5. The number of carbonyl (C=O) groups excluding carboxylic acids is 2. The molecule has 8 atom stereocenters. The van der Waals surface area contributed by atoms with E-state index in [1.54, 1.807) is 6.08 Å². The minimum atomic E-state index is -1.65. The number of nitrogens with one attached hydrogen (secondary N) is 1. The van der Waals surface area contributed by atoms with Crippen molar-refractivity contribution in [2.75, 3.05) is 13.2 Å². The molecule has 0 radical (unpaired) electrons. The van der Waals surface area contributed by atoms with Crippen LogP contribution in [0.25, 0.3) is 0 Å². The Morgan fingerprint density at radius 1 is 0.506 bits per heavy atom. The molecule has 0 aromatic heterocycles. The Bertz CT molecular complexity index is 1840. The second-order valence-corrected chi connectivity index (χ2v) is 20.3. The van der Waals surface area contributed by atoms with Crippen LogP contribution in [0.4, 0.5) is 0 Å². The first kappa shape index (κ1) is 72.6. The molecular formula is C68H109NO10. The van der Waals surface area contributed by atoms with Gasteiger partial charge in [-0.05, 0) is 116 Å². The molecule has 1 saturated heterocycles. The van der Waals surface area contributed by atoms with Gasteiger partial charge in [-0.3, -0.25) is 9.59 Å². The van der Waals surface area contributed by atoms with Gasteiger partial charge in [0.05, 0.1) is 25.4 Å².